The van der Waals surface area contributed by atoms with Crippen molar-refractivity contribution in [3.05, 3.63) is 46.3 Å². The summed E-state index contributed by atoms with van der Waals surface area (Å²) in [5, 5.41) is 1.74. The number of sulfonamides is 1. The zero-order chi connectivity index (χ0) is 19.4. The fourth-order valence-electron chi connectivity index (χ4n) is 2.94. The monoisotopic (exact) mass is 472 g/mol. The van der Waals surface area contributed by atoms with Crippen LogP contribution in [0.3, 0.4) is 0 Å². The Labute approximate surface area is 171 Å². The van der Waals surface area contributed by atoms with Crippen molar-refractivity contribution >= 4 is 43.2 Å². The number of rotatable bonds is 6. The number of carbonyl (C=O) groups excluding carboxylic acids is 1. The van der Waals surface area contributed by atoms with Crippen LogP contribution in [0.25, 0.3) is 0 Å². The van der Waals surface area contributed by atoms with E-state index in [0.717, 1.165) is 4.47 Å². The Morgan fingerprint density at radius 1 is 1.26 bits per heavy atom. The molecular weight excluding hydrogens is 452 g/mol. The van der Waals surface area contributed by atoms with Gasteiger partial charge in [0.05, 0.1) is 0 Å². The van der Waals surface area contributed by atoms with E-state index < -0.39 is 16.1 Å². The summed E-state index contributed by atoms with van der Waals surface area (Å²) in [4.78, 5) is 14.3. The van der Waals surface area contributed by atoms with Gasteiger partial charge in [-0.3, -0.25) is 4.79 Å². The van der Waals surface area contributed by atoms with Gasteiger partial charge in [0.2, 0.25) is 10.0 Å². The number of amides is 1. The summed E-state index contributed by atoms with van der Waals surface area (Å²) in [6, 6.07) is 10.5. The molecule has 1 aliphatic heterocycles. The van der Waals surface area contributed by atoms with Crippen molar-refractivity contribution in [1.29, 1.82) is 0 Å². The van der Waals surface area contributed by atoms with Crippen LogP contribution in [-0.2, 0) is 14.8 Å². The molecule has 2 heterocycles. The summed E-state index contributed by atoms with van der Waals surface area (Å²) in [5.41, 5.74) is 0. The van der Waals surface area contributed by atoms with Gasteiger partial charge in [-0.2, -0.15) is 0 Å². The Kier molecular flexibility index (Phi) is 6.56. The molecule has 0 saturated carbocycles. The maximum Gasteiger partial charge on any atom is 0.263 e. The van der Waals surface area contributed by atoms with Gasteiger partial charge in [-0.05, 0) is 55.5 Å². The molecule has 1 saturated heterocycles. The van der Waals surface area contributed by atoms with Crippen molar-refractivity contribution in [1.82, 2.24) is 9.62 Å². The zero-order valence-electron chi connectivity index (χ0n) is 14.8. The van der Waals surface area contributed by atoms with Gasteiger partial charge in [0.15, 0.2) is 6.10 Å². The van der Waals surface area contributed by atoms with Gasteiger partial charge < -0.3 is 9.64 Å². The number of carbonyl (C=O) groups is 1. The van der Waals surface area contributed by atoms with Crippen LogP contribution in [-0.4, -0.2) is 44.5 Å². The molecule has 9 heteroatoms. The highest BCUT2D eigenvalue weighted by molar-refractivity contribution is 9.10. The number of hydrogen-bond acceptors (Lipinski definition) is 5. The lowest BCUT2D eigenvalue weighted by molar-refractivity contribution is -0.139. The molecule has 1 aliphatic rings. The molecule has 0 unspecified atom stereocenters. The smallest absolute Gasteiger partial charge is 0.263 e. The van der Waals surface area contributed by atoms with Gasteiger partial charge in [0, 0.05) is 23.6 Å². The predicted octanol–water partition coefficient (Wildman–Crippen LogP) is 3.25. The highest BCUT2D eigenvalue weighted by Gasteiger charge is 2.29. The van der Waals surface area contributed by atoms with Gasteiger partial charge in [-0.25, -0.2) is 13.1 Å². The van der Waals surface area contributed by atoms with Crippen molar-refractivity contribution in [2.45, 2.75) is 36.1 Å². The quantitative estimate of drug-likeness (QED) is 0.699. The maximum atomic E-state index is 12.6. The first-order chi connectivity index (χ1) is 12.8. The highest BCUT2D eigenvalue weighted by Crippen LogP contribution is 2.21. The third-order valence-electron chi connectivity index (χ3n) is 4.36. The number of thiophene rings is 1. The fourth-order valence-corrected chi connectivity index (χ4v) is 5.52. The lowest BCUT2D eigenvalue weighted by atomic mass is 10.1. The normalized spacial score (nSPS) is 16.9. The molecule has 27 heavy (non-hydrogen) atoms. The molecule has 1 amide bonds. The second-order valence-electron chi connectivity index (χ2n) is 6.37. The summed E-state index contributed by atoms with van der Waals surface area (Å²) in [6.07, 6.45) is 0.577. The van der Waals surface area contributed by atoms with Gasteiger partial charge in [-0.15, -0.1) is 11.3 Å². The van der Waals surface area contributed by atoms with Crippen LogP contribution >= 0.6 is 27.3 Å². The molecule has 1 atom stereocenters. The third kappa shape index (κ3) is 5.31. The SMILES string of the molecule is C[C@H](Oc1ccc(Br)cc1)C(=O)N1CCC(NS(=O)(=O)c2cccs2)CC1. The summed E-state index contributed by atoms with van der Waals surface area (Å²) in [6.45, 7) is 2.74. The van der Waals surface area contributed by atoms with Crippen LogP contribution in [0.1, 0.15) is 19.8 Å². The number of nitrogens with one attached hydrogen (secondary N) is 1. The highest BCUT2D eigenvalue weighted by atomic mass is 79.9. The lowest BCUT2D eigenvalue weighted by Crippen LogP contribution is -2.49. The number of halogens is 1. The van der Waals surface area contributed by atoms with Crippen molar-refractivity contribution in [2.24, 2.45) is 0 Å². The van der Waals surface area contributed by atoms with Crippen LogP contribution in [0.15, 0.2) is 50.5 Å². The van der Waals surface area contributed by atoms with Crippen molar-refractivity contribution in [3.63, 3.8) is 0 Å². The average Bonchev–Trinajstić information content (AvgIpc) is 3.19. The number of ether oxygens (including phenoxy) is 1. The molecule has 1 aromatic carbocycles. The van der Waals surface area contributed by atoms with Gasteiger partial charge >= 0.3 is 0 Å². The van der Waals surface area contributed by atoms with Crippen molar-refractivity contribution < 1.29 is 17.9 Å². The number of benzene rings is 1. The first kappa shape index (κ1) is 20.3. The van der Waals surface area contributed by atoms with E-state index in [1.54, 1.807) is 41.5 Å². The Balaban J connectivity index is 1.51. The van der Waals surface area contributed by atoms with Gasteiger partial charge in [-0.1, -0.05) is 22.0 Å². The molecule has 0 radical (unpaired) electrons. The number of nitrogens with zero attached hydrogens (tertiary/aromatic N) is 1. The maximum absolute atomic E-state index is 12.6. The Hall–Kier alpha value is -1.42. The number of likely N-dealkylation sites (tertiary alicyclic amines) is 1. The molecule has 0 bridgehead atoms. The van der Waals surface area contributed by atoms with Crippen LogP contribution in [0.5, 0.6) is 5.75 Å². The first-order valence-electron chi connectivity index (χ1n) is 8.62. The largest absolute Gasteiger partial charge is 0.481 e. The minimum Gasteiger partial charge on any atom is -0.481 e. The molecule has 0 aliphatic carbocycles. The number of piperidine rings is 1. The molecule has 1 fully saturated rings. The molecule has 1 aromatic heterocycles. The average molecular weight is 473 g/mol. The molecule has 2 aromatic rings. The summed E-state index contributed by atoms with van der Waals surface area (Å²) in [7, 11) is -3.48. The summed E-state index contributed by atoms with van der Waals surface area (Å²) >= 11 is 4.56. The van der Waals surface area contributed by atoms with E-state index in [0.29, 0.717) is 35.9 Å². The Morgan fingerprint density at radius 2 is 1.93 bits per heavy atom. The molecule has 146 valence electrons. The first-order valence-corrected chi connectivity index (χ1v) is 11.8. The lowest BCUT2D eigenvalue weighted by Gasteiger charge is -2.33. The van der Waals surface area contributed by atoms with E-state index in [1.807, 2.05) is 12.1 Å². The van der Waals surface area contributed by atoms with Crippen molar-refractivity contribution in [2.75, 3.05) is 13.1 Å². The van der Waals surface area contributed by atoms with E-state index in [4.69, 9.17) is 4.74 Å². The van der Waals surface area contributed by atoms with Crippen molar-refractivity contribution in [3.8, 4) is 5.75 Å². The zero-order valence-corrected chi connectivity index (χ0v) is 18.0. The molecular formula is C18H21BrN2O4S2. The van der Waals surface area contributed by atoms with Crippen LogP contribution in [0, 0.1) is 0 Å². The molecule has 6 nitrogen and oxygen atoms in total. The third-order valence-corrected chi connectivity index (χ3v) is 7.81. The van der Waals surface area contributed by atoms with Crippen LogP contribution in [0.4, 0.5) is 0 Å². The second kappa shape index (κ2) is 8.72. The van der Waals surface area contributed by atoms with Crippen LogP contribution in [0.2, 0.25) is 0 Å². The Morgan fingerprint density at radius 3 is 2.52 bits per heavy atom. The summed E-state index contributed by atoms with van der Waals surface area (Å²) < 4.78 is 34.3. The predicted molar refractivity (Wildman–Crippen MR) is 108 cm³/mol. The topological polar surface area (TPSA) is 75.7 Å². The fraction of sp³-hybridized carbons (Fsp3) is 0.389. The number of hydrogen-bond donors (Lipinski definition) is 1. The molecule has 0 spiro atoms. The van der Waals surface area contributed by atoms with E-state index in [2.05, 4.69) is 20.7 Å². The van der Waals surface area contributed by atoms with E-state index in [1.165, 1.54) is 11.3 Å². The molecule has 3 rings (SSSR count). The van der Waals surface area contributed by atoms with Crippen LogP contribution < -0.4 is 9.46 Å². The Bertz CT molecular complexity index is 861. The van der Waals surface area contributed by atoms with E-state index in [9.17, 15) is 13.2 Å². The summed E-state index contributed by atoms with van der Waals surface area (Å²) in [5.74, 6) is 0.551. The van der Waals surface area contributed by atoms with E-state index >= 15 is 0 Å². The molecule has 1 N–H and O–H groups in total. The second-order valence-corrected chi connectivity index (χ2v) is 10.2. The van der Waals surface area contributed by atoms with E-state index in [-0.39, 0.29) is 11.9 Å². The van der Waals surface area contributed by atoms with Gasteiger partial charge in [0.1, 0.15) is 9.96 Å². The van der Waals surface area contributed by atoms with Gasteiger partial charge in [0.25, 0.3) is 5.91 Å². The standard InChI is InChI=1S/C18H21BrN2O4S2/c1-13(25-16-6-4-14(19)5-7-16)18(22)21-10-8-15(9-11-21)20-27(23,24)17-3-2-12-26-17/h2-7,12-13,15,20H,8-11H2,1H3/t13-/m0/s1. The minimum atomic E-state index is -3.48. The minimum absolute atomic E-state index is 0.0857.